The summed E-state index contributed by atoms with van der Waals surface area (Å²) in [5.74, 6) is -0.377. The highest BCUT2D eigenvalue weighted by Gasteiger charge is 2.49. The zero-order valence-electron chi connectivity index (χ0n) is 21.6. The molecule has 9 heteroatoms. The number of nitrogens with zero attached hydrogens (tertiary/aromatic N) is 1. The highest BCUT2D eigenvalue weighted by molar-refractivity contribution is 8.00. The molecule has 2 aromatic rings. The number of benzene rings is 2. The van der Waals surface area contributed by atoms with Crippen LogP contribution in [0, 0.1) is 13.8 Å². The van der Waals surface area contributed by atoms with Gasteiger partial charge in [0, 0.05) is 16.9 Å². The van der Waals surface area contributed by atoms with Crippen molar-refractivity contribution in [3.63, 3.8) is 0 Å². The summed E-state index contributed by atoms with van der Waals surface area (Å²) < 4.78 is 4.63. The van der Waals surface area contributed by atoms with Gasteiger partial charge >= 0.3 is 0 Å². The third-order valence-corrected chi connectivity index (χ3v) is 7.93. The Labute approximate surface area is 216 Å². The van der Waals surface area contributed by atoms with E-state index in [1.165, 1.54) is 16.7 Å². The van der Waals surface area contributed by atoms with Gasteiger partial charge in [0.15, 0.2) is 6.10 Å². The molecule has 0 spiro atoms. The number of amides is 3. The van der Waals surface area contributed by atoms with Crippen molar-refractivity contribution < 1.29 is 24.2 Å². The molecule has 36 heavy (non-hydrogen) atoms. The molecule has 3 unspecified atom stereocenters. The van der Waals surface area contributed by atoms with E-state index in [9.17, 15) is 19.5 Å². The molecule has 8 nitrogen and oxygen atoms in total. The minimum absolute atomic E-state index is 0.267. The molecule has 1 aliphatic heterocycles. The van der Waals surface area contributed by atoms with E-state index >= 15 is 0 Å². The first-order chi connectivity index (χ1) is 17.0. The van der Waals surface area contributed by atoms with E-state index in [1.807, 2.05) is 45.0 Å². The van der Waals surface area contributed by atoms with Crippen molar-refractivity contribution in [3.8, 4) is 5.75 Å². The van der Waals surface area contributed by atoms with Gasteiger partial charge in [-0.25, -0.2) is 0 Å². The van der Waals surface area contributed by atoms with Gasteiger partial charge in [-0.3, -0.25) is 14.4 Å². The second kappa shape index (κ2) is 11.3. The summed E-state index contributed by atoms with van der Waals surface area (Å²) in [5, 5.41) is 16.5. The molecule has 0 aliphatic carbocycles. The normalized spacial score (nSPS) is 18.3. The lowest BCUT2D eigenvalue weighted by molar-refractivity contribution is -0.147. The number of carbonyl (C=O) groups excluding carboxylic acids is 3. The van der Waals surface area contributed by atoms with Crippen LogP contribution in [0.3, 0.4) is 0 Å². The Kier molecular flexibility index (Phi) is 8.68. The molecule has 1 aliphatic rings. The Morgan fingerprint density at radius 2 is 1.86 bits per heavy atom. The van der Waals surface area contributed by atoms with Gasteiger partial charge in [-0.15, -0.1) is 11.8 Å². The van der Waals surface area contributed by atoms with E-state index in [0.717, 1.165) is 11.1 Å². The zero-order valence-corrected chi connectivity index (χ0v) is 22.4. The number of aliphatic hydroxyl groups excluding tert-OH is 1. The van der Waals surface area contributed by atoms with E-state index in [0.29, 0.717) is 23.4 Å². The van der Waals surface area contributed by atoms with Gasteiger partial charge in [0.05, 0.1) is 19.0 Å². The number of aryl methyl sites for hydroxylation is 2. The van der Waals surface area contributed by atoms with Crippen LogP contribution in [0.5, 0.6) is 5.75 Å². The summed E-state index contributed by atoms with van der Waals surface area (Å²) >= 11 is 1.48. The largest absolute Gasteiger partial charge is 0.497 e. The summed E-state index contributed by atoms with van der Waals surface area (Å²) in [6.45, 7) is 9.50. The Bertz CT molecular complexity index is 1140. The number of thioether (sulfide) groups is 1. The molecule has 3 N–H and O–H groups in total. The predicted molar refractivity (Wildman–Crippen MR) is 141 cm³/mol. The average Bonchev–Trinajstić information content (AvgIpc) is 3.16. The van der Waals surface area contributed by atoms with Crippen LogP contribution in [0.1, 0.15) is 47.8 Å². The molecule has 3 rings (SSSR count). The fourth-order valence-electron chi connectivity index (χ4n) is 4.27. The maximum absolute atomic E-state index is 13.3. The molecule has 1 saturated heterocycles. The van der Waals surface area contributed by atoms with Crippen molar-refractivity contribution in [2.24, 2.45) is 0 Å². The van der Waals surface area contributed by atoms with Crippen LogP contribution < -0.4 is 15.4 Å². The molecule has 3 amide bonds. The molecular formula is C27H35N3O5S. The van der Waals surface area contributed by atoms with Crippen molar-refractivity contribution in [1.29, 1.82) is 0 Å². The first-order valence-electron chi connectivity index (χ1n) is 11.9. The fraction of sp³-hybridized carbons (Fsp3) is 0.444. The summed E-state index contributed by atoms with van der Waals surface area (Å²) in [5.41, 5.74) is 3.20. The van der Waals surface area contributed by atoms with Crippen LogP contribution in [0.4, 0.5) is 0 Å². The van der Waals surface area contributed by atoms with Gasteiger partial charge in [-0.1, -0.05) is 24.3 Å². The van der Waals surface area contributed by atoms with E-state index in [4.69, 9.17) is 4.74 Å². The molecular weight excluding hydrogens is 478 g/mol. The molecule has 0 saturated carbocycles. The number of nitrogens with one attached hydrogen (secondary N) is 2. The van der Waals surface area contributed by atoms with E-state index < -0.39 is 34.7 Å². The van der Waals surface area contributed by atoms with Gasteiger partial charge in [-0.2, -0.15) is 0 Å². The van der Waals surface area contributed by atoms with Gasteiger partial charge in [-0.05, 0) is 69.5 Å². The van der Waals surface area contributed by atoms with Gasteiger partial charge in [0.2, 0.25) is 5.91 Å². The number of ether oxygens (including phenoxy) is 1. The lowest BCUT2D eigenvalue weighted by atomic mass is 9.99. The quantitative estimate of drug-likeness (QED) is 0.501. The maximum Gasteiger partial charge on any atom is 0.254 e. The van der Waals surface area contributed by atoms with Crippen LogP contribution in [-0.4, -0.2) is 63.6 Å². The highest BCUT2D eigenvalue weighted by Crippen LogP contribution is 2.39. The number of methoxy groups -OCH3 is 1. The summed E-state index contributed by atoms with van der Waals surface area (Å²) in [6.07, 6.45) is -1.51. The number of hydrogen-bond donors (Lipinski definition) is 3. The monoisotopic (exact) mass is 513 g/mol. The molecule has 0 aromatic heterocycles. The topological polar surface area (TPSA) is 108 Å². The van der Waals surface area contributed by atoms with E-state index in [-0.39, 0.29) is 11.8 Å². The third-order valence-electron chi connectivity index (χ3n) is 6.56. The standard InChI is InChI=1S/C27H35N3O5S/c1-16-9-7-8-10-19(16)14-28-25(33)23-27(4,5)36-15-30(23)26(34)22(31)18(3)29-24(32)21-12-11-20(35-6)13-17(21)2/h7-13,18,22-23,31H,14-15H2,1-6H3,(H,28,33)(H,29,32). The predicted octanol–water partition coefficient (Wildman–Crippen LogP) is 2.79. The Morgan fingerprint density at radius 3 is 2.50 bits per heavy atom. The van der Waals surface area contributed by atoms with E-state index in [2.05, 4.69) is 10.6 Å². The minimum Gasteiger partial charge on any atom is -0.497 e. The van der Waals surface area contributed by atoms with Crippen molar-refractivity contribution in [1.82, 2.24) is 15.5 Å². The molecule has 3 atom stereocenters. The minimum atomic E-state index is -1.51. The summed E-state index contributed by atoms with van der Waals surface area (Å²) in [4.78, 5) is 40.7. The molecule has 1 heterocycles. The molecule has 0 radical (unpaired) electrons. The van der Waals surface area contributed by atoms with Crippen molar-refractivity contribution >= 4 is 29.5 Å². The lowest BCUT2D eigenvalue weighted by Gasteiger charge is -2.32. The van der Waals surface area contributed by atoms with Crippen LogP contribution in [-0.2, 0) is 16.1 Å². The van der Waals surface area contributed by atoms with E-state index in [1.54, 1.807) is 39.2 Å². The first kappa shape index (κ1) is 27.5. The van der Waals surface area contributed by atoms with Gasteiger partial charge in [0.1, 0.15) is 11.8 Å². The number of carbonyl (C=O) groups is 3. The number of aliphatic hydroxyl groups is 1. The second-order valence-electron chi connectivity index (χ2n) is 9.62. The van der Waals surface area contributed by atoms with Crippen LogP contribution in [0.15, 0.2) is 42.5 Å². The van der Waals surface area contributed by atoms with Crippen LogP contribution in [0.25, 0.3) is 0 Å². The first-order valence-corrected chi connectivity index (χ1v) is 12.8. The molecule has 2 aromatic carbocycles. The smallest absolute Gasteiger partial charge is 0.254 e. The van der Waals surface area contributed by atoms with Crippen molar-refractivity contribution in [2.45, 2.75) is 64.1 Å². The number of hydrogen-bond acceptors (Lipinski definition) is 6. The van der Waals surface area contributed by atoms with Crippen LogP contribution in [0.2, 0.25) is 0 Å². The Hall–Kier alpha value is -3.04. The SMILES string of the molecule is COc1ccc(C(=O)NC(C)C(O)C(=O)N2CSC(C)(C)C2C(=O)NCc2ccccc2C)c(C)c1. The molecule has 0 bridgehead atoms. The highest BCUT2D eigenvalue weighted by atomic mass is 32.2. The second-order valence-corrected chi connectivity index (χ2v) is 11.2. The fourth-order valence-corrected chi connectivity index (χ4v) is 5.41. The van der Waals surface area contributed by atoms with Crippen molar-refractivity contribution in [2.75, 3.05) is 13.0 Å². The third kappa shape index (κ3) is 6.02. The van der Waals surface area contributed by atoms with Gasteiger partial charge in [0.25, 0.3) is 11.8 Å². The summed E-state index contributed by atoms with van der Waals surface area (Å²) in [7, 11) is 1.55. The Balaban J connectivity index is 1.68. The number of rotatable bonds is 8. The lowest BCUT2D eigenvalue weighted by Crippen LogP contribution is -2.57. The maximum atomic E-state index is 13.3. The average molecular weight is 514 g/mol. The zero-order chi connectivity index (χ0) is 26.6. The van der Waals surface area contributed by atoms with Gasteiger partial charge < -0.3 is 25.4 Å². The van der Waals surface area contributed by atoms with Crippen molar-refractivity contribution in [3.05, 3.63) is 64.7 Å². The molecule has 1 fully saturated rings. The van der Waals surface area contributed by atoms with Crippen LogP contribution >= 0.6 is 11.8 Å². The summed E-state index contributed by atoms with van der Waals surface area (Å²) in [6, 6.07) is 11.2. The molecule has 194 valence electrons. The Morgan fingerprint density at radius 1 is 1.17 bits per heavy atom.